The Bertz CT molecular complexity index is 734. The van der Waals surface area contributed by atoms with E-state index in [2.05, 4.69) is 5.16 Å². The number of benzene rings is 2. The van der Waals surface area contributed by atoms with Crippen LogP contribution in [0, 0.1) is 0 Å². The van der Waals surface area contributed by atoms with Gasteiger partial charge in [-0.15, -0.1) is 0 Å². The minimum Gasteiger partial charge on any atom is -0.494 e. The number of nitrogens with two attached hydrogens (primary N) is 1. The number of nitrogens with zero attached hydrogens (tertiary/aromatic N) is 1. The van der Waals surface area contributed by atoms with Crippen molar-refractivity contribution < 1.29 is 14.4 Å². The lowest BCUT2D eigenvalue weighted by molar-refractivity contribution is 0.0511. The lowest BCUT2D eigenvalue weighted by Gasteiger charge is -2.09. The molecule has 0 bridgehead atoms. The van der Waals surface area contributed by atoms with E-state index in [1.54, 1.807) is 0 Å². The van der Waals surface area contributed by atoms with Crippen LogP contribution in [0.3, 0.4) is 0 Å². The number of methoxy groups -OCH3 is 1. The predicted molar refractivity (Wildman–Crippen MR) is 90.2 cm³/mol. The minimum atomic E-state index is -0.801. The molecule has 0 unspecified atom stereocenters. The van der Waals surface area contributed by atoms with Crippen molar-refractivity contribution in [3.8, 4) is 5.75 Å². The van der Waals surface area contributed by atoms with Crippen molar-refractivity contribution in [3.63, 3.8) is 0 Å². The summed E-state index contributed by atoms with van der Waals surface area (Å²) in [6.07, 6.45) is 0.356. The Kier molecular flexibility index (Phi) is 5.84. The molecule has 0 spiro atoms. The van der Waals surface area contributed by atoms with Gasteiger partial charge in [-0.25, -0.2) is 4.79 Å². The zero-order valence-corrected chi connectivity index (χ0v) is 13.8. The highest BCUT2D eigenvalue weighted by molar-refractivity contribution is 6.37. The maximum absolute atomic E-state index is 12.1. The van der Waals surface area contributed by atoms with E-state index < -0.39 is 5.97 Å². The van der Waals surface area contributed by atoms with Crippen molar-refractivity contribution in [3.05, 3.63) is 63.6 Å². The fraction of sp³-hybridized carbons (Fsp3) is 0.125. The first-order valence-electron chi connectivity index (χ1n) is 6.62. The molecule has 120 valence electrons. The van der Waals surface area contributed by atoms with Gasteiger partial charge >= 0.3 is 5.97 Å². The fourth-order valence-electron chi connectivity index (χ4n) is 1.91. The molecule has 0 aliphatic heterocycles. The van der Waals surface area contributed by atoms with Gasteiger partial charge in [-0.05, 0) is 17.7 Å². The molecule has 0 atom stereocenters. The van der Waals surface area contributed by atoms with E-state index in [1.165, 1.54) is 19.2 Å². The number of oxime groups is 1. The van der Waals surface area contributed by atoms with Crippen LogP contribution in [0.4, 0.5) is 0 Å². The van der Waals surface area contributed by atoms with E-state index in [0.29, 0.717) is 6.42 Å². The Morgan fingerprint density at radius 2 is 1.78 bits per heavy atom. The van der Waals surface area contributed by atoms with Gasteiger partial charge < -0.3 is 15.3 Å². The molecule has 0 heterocycles. The van der Waals surface area contributed by atoms with E-state index in [1.807, 2.05) is 30.3 Å². The second kappa shape index (κ2) is 7.85. The molecule has 2 rings (SSSR count). The molecule has 2 aromatic carbocycles. The largest absolute Gasteiger partial charge is 0.494 e. The molecule has 0 aromatic heterocycles. The first kappa shape index (κ1) is 17.1. The topological polar surface area (TPSA) is 73.9 Å². The molecule has 0 aliphatic rings. The lowest BCUT2D eigenvalue weighted by atomic mass is 10.1. The van der Waals surface area contributed by atoms with Gasteiger partial charge in [-0.1, -0.05) is 58.7 Å². The van der Waals surface area contributed by atoms with Crippen LogP contribution in [0.1, 0.15) is 15.9 Å². The van der Waals surface area contributed by atoms with E-state index in [-0.39, 0.29) is 27.2 Å². The molecular weight excluding hydrogens is 339 g/mol. The Morgan fingerprint density at radius 1 is 1.13 bits per heavy atom. The maximum atomic E-state index is 12.1. The van der Waals surface area contributed by atoms with Gasteiger partial charge in [0.05, 0.1) is 17.2 Å². The molecular formula is C16H14Cl2N2O3. The number of hydrogen-bond acceptors (Lipinski definition) is 4. The molecule has 5 nitrogen and oxygen atoms in total. The average molecular weight is 353 g/mol. The van der Waals surface area contributed by atoms with Crippen molar-refractivity contribution in [1.29, 1.82) is 0 Å². The molecule has 23 heavy (non-hydrogen) atoms. The second-order valence-corrected chi connectivity index (χ2v) is 5.38. The van der Waals surface area contributed by atoms with Gasteiger partial charge in [-0.2, -0.15) is 0 Å². The first-order valence-corrected chi connectivity index (χ1v) is 7.38. The monoisotopic (exact) mass is 352 g/mol. The fourth-order valence-corrected chi connectivity index (χ4v) is 2.37. The lowest BCUT2D eigenvalue weighted by Crippen LogP contribution is -2.17. The smallest absolute Gasteiger partial charge is 0.371 e. The highest BCUT2D eigenvalue weighted by Crippen LogP contribution is 2.34. The van der Waals surface area contributed by atoms with E-state index in [9.17, 15) is 4.79 Å². The van der Waals surface area contributed by atoms with Gasteiger partial charge in [0.2, 0.25) is 0 Å². The summed E-state index contributed by atoms with van der Waals surface area (Å²) in [6, 6.07) is 12.4. The van der Waals surface area contributed by atoms with E-state index >= 15 is 0 Å². The molecule has 0 amide bonds. The molecule has 0 fully saturated rings. The summed E-state index contributed by atoms with van der Waals surface area (Å²) in [5, 5.41) is 4.02. The zero-order valence-electron chi connectivity index (χ0n) is 12.3. The highest BCUT2D eigenvalue weighted by Gasteiger charge is 2.21. The zero-order chi connectivity index (χ0) is 16.8. The summed E-state index contributed by atoms with van der Waals surface area (Å²) in [7, 11) is 1.38. The molecule has 2 aromatic rings. The second-order valence-electron chi connectivity index (χ2n) is 4.56. The molecule has 0 saturated heterocycles. The number of halogens is 2. The summed E-state index contributed by atoms with van der Waals surface area (Å²) >= 11 is 12.0. The summed E-state index contributed by atoms with van der Waals surface area (Å²) in [5.41, 5.74) is 6.70. The minimum absolute atomic E-state index is 0.00192. The third-order valence-corrected chi connectivity index (χ3v) is 3.55. The Balaban J connectivity index is 2.13. The molecule has 7 heteroatoms. The summed E-state index contributed by atoms with van der Waals surface area (Å²) < 4.78 is 5.08. The highest BCUT2D eigenvalue weighted by atomic mass is 35.5. The summed E-state index contributed by atoms with van der Waals surface area (Å²) in [5.74, 6) is -0.520. The van der Waals surface area contributed by atoms with Crippen molar-refractivity contribution in [1.82, 2.24) is 0 Å². The van der Waals surface area contributed by atoms with Crippen molar-refractivity contribution in [2.75, 3.05) is 7.11 Å². The van der Waals surface area contributed by atoms with Gasteiger partial charge in [0, 0.05) is 6.42 Å². The summed E-state index contributed by atoms with van der Waals surface area (Å²) in [4.78, 5) is 17.0. The van der Waals surface area contributed by atoms with Crippen LogP contribution in [0.5, 0.6) is 5.75 Å². The van der Waals surface area contributed by atoms with Crippen LogP contribution in [0.15, 0.2) is 47.6 Å². The van der Waals surface area contributed by atoms with Crippen LogP contribution in [0.2, 0.25) is 10.0 Å². The third kappa shape index (κ3) is 4.37. The van der Waals surface area contributed by atoms with Crippen LogP contribution >= 0.6 is 23.2 Å². The Morgan fingerprint density at radius 3 is 2.43 bits per heavy atom. The van der Waals surface area contributed by atoms with Gasteiger partial charge in [0.15, 0.2) is 5.75 Å². The van der Waals surface area contributed by atoms with Crippen LogP contribution in [-0.2, 0) is 11.3 Å². The Hall–Kier alpha value is -2.24. The number of carbonyl (C=O) groups excluding carboxylic acids is 1. The van der Waals surface area contributed by atoms with E-state index in [4.69, 9.17) is 38.5 Å². The quantitative estimate of drug-likeness (QED) is 0.385. The number of amidine groups is 1. The normalized spacial score (nSPS) is 11.2. The predicted octanol–water partition coefficient (Wildman–Crippen LogP) is 3.67. The molecule has 0 saturated carbocycles. The number of carbonyl (C=O) groups is 1. The van der Waals surface area contributed by atoms with Gasteiger partial charge in [-0.3, -0.25) is 0 Å². The number of ether oxygens (including phenoxy) is 1. The molecule has 0 radical (unpaired) electrons. The van der Waals surface area contributed by atoms with Crippen molar-refractivity contribution >= 4 is 35.0 Å². The SMILES string of the molecule is COc1c(Cl)ccc(Cl)c1C(=O)O/N=C(\N)Cc1ccccc1. The number of hydrogen-bond donors (Lipinski definition) is 1. The van der Waals surface area contributed by atoms with Gasteiger partial charge in [0.1, 0.15) is 11.4 Å². The molecule has 0 aliphatic carbocycles. The van der Waals surface area contributed by atoms with Crippen molar-refractivity contribution in [2.24, 2.45) is 10.9 Å². The van der Waals surface area contributed by atoms with Crippen LogP contribution in [-0.4, -0.2) is 18.9 Å². The average Bonchev–Trinajstić information content (AvgIpc) is 2.55. The van der Waals surface area contributed by atoms with Crippen molar-refractivity contribution in [2.45, 2.75) is 6.42 Å². The standard InChI is InChI=1S/C16H14Cl2N2O3/c1-22-15-12(18)8-7-11(17)14(15)16(21)23-20-13(19)9-10-5-3-2-4-6-10/h2-8H,9H2,1H3,(H2,19,20). The van der Waals surface area contributed by atoms with Crippen LogP contribution < -0.4 is 10.5 Å². The third-order valence-electron chi connectivity index (χ3n) is 2.94. The maximum Gasteiger partial charge on any atom is 0.371 e. The molecule has 2 N–H and O–H groups in total. The van der Waals surface area contributed by atoms with E-state index in [0.717, 1.165) is 5.56 Å². The van der Waals surface area contributed by atoms with Crippen LogP contribution in [0.25, 0.3) is 0 Å². The number of rotatable bonds is 5. The van der Waals surface area contributed by atoms with Gasteiger partial charge in [0.25, 0.3) is 0 Å². The first-order chi connectivity index (χ1) is 11.0. The summed E-state index contributed by atoms with van der Waals surface area (Å²) in [6.45, 7) is 0. The Labute approximate surface area is 143 Å².